The van der Waals surface area contributed by atoms with E-state index in [4.69, 9.17) is 5.73 Å². The van der Waals surface area contributed by atoms with Crippen molar-refractivity contribution >= 4 is 23.2 Å². The molecule has 98 valence electrons. The molecule has 0 saturated carbocycles. The van der Waals surface area contributed by atoms with Crippen LogP contribution in [0.4, 0.5) is 11.4 Å². The van der Waals surface area contributed by atoms with E-state index in [1.54, 1.807) is 38.1 Å². The van der Waals surface area contributed by atoms with E-state index in [0.29, 0.717) is 11.4 Å². The van der Waals surface area contributed by atoms with E-state index in [0.717, 1.165) is 0 Å². The van der Waals surface area contributed by atoms with E-state index in [2.05, 4.69) is 10.6 Å². The van der Waals surface area contributed by atoms with Crippen molar-refractivity contribution in [3.8, 4) is 0 Å². The highest BCUT2D eigenvalue weighted by molar-refractivity contribution is 5.96. The van der Waals surface area contributed by atoms with Crippen molar-refractivity contribution in [3.63, 3.8) is 0 Å². The Hall–Kier alpha value is -1.88. The number of nitrogens with one attached hydrogen (secondary N) is 2. The average molecular weight is 249 g/mol. The van der Waals surface area contributed by atoms with E-state index in [9.17, 15) is 9.59 Å². The van der Waals surface area contributed by atoms with Crippen LogP contribution in [0.5, 0.6) is 0 Å². The fourth-order valence-electron chi connectivity index (χ4n) is 1.27. The van der Waals surface area contributed by atoms with Crippen LogP contribution in [0.2, 0.25) is 0 Å². The maximum Gasteiger partial charge on any atom is 0.231 e. The minimum Gasteiger partial charge on any atom is -0.329 e. The molecule has 0 aliphatic carbocycles. The average Bonchev–Trinajstić information content (AvgIpc) is 2.28. The topological polar surface area (TPSA) is 84.2 Å². The summed E-state index contributed by atoms with van der Waals surface area (Å²) in [6, 6.07) is 6.98. The second-order valence-corrected chi connectivity index (χ2v) is 4.80. The smallest absolute Gasteiger partial charge is 0.231 e. The van der Waals surface area contributed by atoms with Gasteiger partial charge >= 0.3 is 0 Å². The predicted molar refractivity (Wildman–Crippen MR) is 72.2 cm³/mol. The SMILES string of the molecule is CC(=O)Nc1cccc(NC(=O)C(C)(C)CN)c1. The van der Waals surface area contributed by atoms with Gasteiger partial charge in [0.2, 0.25) is 11.8 Å². The Labute approximate surface area is 107 Å². The molecule has 0 atom stereocenters. The van der Waals surface area contributed by atoms with Crippen molar-refractivity contribution in [1.82, 2.24) is 0 Å². The predicted octanol–water partition coefficient (Wildman–Crippen LogP) is 1.57. The first-order chi connectivity index (χ1) is 8.35. The number of hydrogen-bond acceptors (Lipinski definition) is 3. The molecule has 5 nitrogen and oxygen atoms in total. The lowest BCUT2D eigenvalue weighted by molar-refractivity contribution is -0.123. The molecular formula is C13H19N3O2. The van der Waals surface area contributed by atoms with Gasteiger partial charge in [-0.1, -0.05) is 6.07 Å². The molecule has 5 heteroatoms. The number of amides is 2. The lowest BCUT2D eigenvalue weighted by atomic mass is 9.92. The molecule has 0 unspecified atom stereocenters. The van der Waals surface area contributed by atoms with E-state index in [1.807, 2.05) is 0 Å². The van der Waals surface area contributed by atoms with Gasteiger partial charge in [0.05, 0.1) is 5.41 Å². The Morgan fingerprint density at radius 1 is 1.22 bits per heavy atom. The molecule has 0 radical (unpaired) electrons. The molecule has 1 rings (SSSR count). The minimum atomic E-state index is -0.621. The molecule has 0 spiro atoms. The number of nitrogens with two attached hydrogens (primary N) is 1. The van der Waals surface area contributed by atoms with Gasteiger partial charge in [0.15, 0.2) is 0 Å². The molecule has 18 heavy (non-hydrogen) atoms. The lowest BCUT2D eigenvalue weighted by Gasteiger charge is -2.21. The van der Waals surface area contributed by atoms with Crippen molar-refractivity contribution < 1.29 is 9.59 Å². The van der Waals surface area contributed by atoms with Gasteiger partial charge in [-0.3, -0.25) is 9.59 Å². The minimum absolute atomic E-state index is 0.148. The largest absolute Gasteiger partial charge is 0.329 e. The second kappa shape index (κ2) is 5.64. The molecule has 4 N–H and O–H groups in total. The van der Waals surface area contributed by atoms with Gasteiger partial charge < -0.3 is 16.4 Å². The van der Waals surface area contributed by atoms with E-state index >= 15 is 0 Å². The van der Waals surface area contributed by atoms with Gasteiger partial charge in [-0.05, 0) is 32.0 Å². The quantitative estimate of drug-likeness (QED) is 0.757. The first-order valence-electron chi connectivity index (χ1n) is 5.74. The Kier molecular flexibility index (Phi) is 4.44. The monoisotopic (exact) mass is 249 g/mol. The number of carbonyl (C=O) groups is 2. The zero-order chi connectivity index (χ0) is 13.8. The van der Waals surface area contributed by atoms with Crippen LogP contribution in [0.25, 0.3) is 0 Å². The van der Waals surface area contributed by atoms with Gasteiger partial charge in [0, 0.05) is 24.8 Å². The summed E-state index contributed by atoms with van der Waals surface area (Å²) in [4.78, 5) is 22.9. The highest BCUT2D eigenvalue weighted by Gasteiger charge is 2.25. The second-order valence-electron chi connectivity index (χ2n) is 4.80. The van der Waals surface area contributed by atoms with Gasteiger partial charge in [-0.25, -0.2) is 0 Å². The van der Waals surface area contributed by atoms with Crippen LogP contribution >= 0.6 is 0 Å². The number of carbonyl (C=O) groups excluding carboxylic acids is 2. The molecule has 2 amide bonds. The van der Waals surface area contributed by atoms with Crippen LogP contribution in [-0.2, 0) is 9.59 Å². The Balaban J connectivity index is 2.79. The summed E-state index contributed by atoms with van der Waals surface area (Å²) >= 11 is 0. The van der Waals surface area contributed by atoms with Gasteiger partial charge in [0.1, 0.15) is 0 Å². The standard InChI is InChI=1S/C13H19N3O2/c1-9(17)15-10-5-4-6-11(7-10)16-12(18)13(2,3)8-14/h4-7H,8,14H2,1-3H3,(H,15,17)(H,16,18). The molecule has 0 saturated heterocycles. The van der Waals surface area contributed by atoms with Crippen molar-refractivity contribution in [2.45, 2.75) is 20.8 Å². The summed E-state index contributed by atoms with van der Waals surface area (Å²) in [6.07, 6.45) is 0. The van der Waals surface area contributed by atoms with E-state index in [-0.39, 0.29) is 18.4 Å². The van der Waals surface area contributed by atoms with Gasteiger partial charge in [-0.15, -0.1) is 0 Å². The summed E-state index contributed by atoms with van der Waals surface area (Å²) in [7, 11) is 0. The highest BCUT2D eigenvalue weighted by atomic mass is 16.2. The van der Waals surface area contributed by atoms with E-state index < -0.39 is 5.41 Å². The normalized spacial score (nSPS) is 10.9. The lowest BCUT2D eigenvalue weighted by Crippen LogP contribution is -2.37. The molecule has 1 aromatic carbocycles. The Bertz CT molecular complexity index is 455. The van der Waals surface area contributed by atoms with E-state index in [1.165, 1.54) is 6.92 Å². The third-order valence-corrected chi connectivity index (χ3v) is 2.57. The number of rotatable bonds is 4. The maximum atomic E-state index is 11.9. The maximum absolute atomic E-state index is 11.9. The van der Waals surface area contributed by atoms with Crippen LogP contribution in [0.1, 0.15) is 20.8 Å². The molecule has 0 aliphatic rings. The van der Waals surface area contributed by atoms with Gasteiger partial charge in [-0.2, -0.15) is 0 Å². The molecule has 1 aromatic rings. The van der Waals surface area contributed by atoms with Crippen LogP contribution in [0.15, 0.2) is 24.3 Å². The van der Waals surface area contributed by atoms with Crippen LogP contribution in [0, 0.1) is 5.41 Å². The summed E-state index contributed by atoms with van der Waals surface area (Å²) in [5, 5.41) is 5.43. The van der Waals surface area contributed by atoms with Crippen molar-refractivity contribution in [2.24, 2.45) is 11.1 Å². The molecule has 0 bridgehead atoms. The van der Waals surface area contributed by atoms with Crippen molar-refractivity contribution in [3.05, 3.63) is 24.3 Å². The first kappa shape index (κ1) is 14.2. The third kappa shape index (κ3) is 3.85. The molecule has 0 aliphatic heterocycles. The molecule has 0 fully saturated rings. The summed E-state index contributed by atoms with van der Waals surface area (Å²) < 4.78 is 0. The number of benzene rings is 1. The fourth-order valence-corrected chi connectivity index (χ4v) is 1.27. The Morgan fingerprint density at radius 2 is 1.78 bits per heavy atom. The molecule has 0 heterocycles. The number of anilines is 2. The molecular weight excluding hydrogens is 230 g/mol. The van der Waals surface area contributed by atoms with Crippen LogP contribution < -0.4 is 16.4 Å². The first-order valence-corrected chi connectivity index (χ1v) is 5.74. The van der Waals surface area contributed by atoms with Crippen LogP contribution in [0.3, 0.4) is 0 Å². The zero-order valence-electron chi connectivity index (χ0n) is 10.9. The fraction of sp³-hybridized carbons (Fsp3) is 0.385. The summed E-state index contributed by atoms with van der Waals surface area (Å²) in [5.41, 5.74) is 6.19. The van der Waals surface area contributed by atoms with Crippen LogP contribution in [-0.4, -0.2) is 18.4 Å². The Morgan fingerprint density at radius 3 is 2.28 bits per heavy atom. The third-order valence-electron chi connectivity index (χ3n) is 2.57. The summed E-state index contributed by atoms with van der Waals surface area (Å²) in [6.45, 7) is 5.26. The van der Waals surface area contributed by atoms with Gasteiger partial charge in [0.25, 0.3) is 0 Å². The molecule has 0 aromatic heterocycles. The number of hydrogen-bond donors (Lipinski definition) is 3. The highest BCUT2D eigenvalue weighted by Crippen LogP contribution is 2.19. The summed E-state index contributed by atoms with van der Waals surface area (Å²) in [5.74, 6) is -0.300. The van der Waals surface area contributed by atoms with Crippen molar-refractivity contribution in [1.29, 1.82) is 0 Å². The zero-order valence-corrected chi connectivity index (χ0v) is 10.9. The van der Waals surface area contributed by atoms with Crippen molar-refractivity contribution in [2.75, 3.05) is 17.2 Å².